The first-order chi connectivity index (χ1) is 18.1. The molecule has 9 nitrogen and oxygen atoms in total. The van der Waals surface area contributed by atoms with Crippen molar-refractivity contribution in [2.45, 2.75) is 97.4 Å². The predicted octanol–water partition coefficient (Wildman–Crippen LogP) is 3.36. The first-order valence-corrected chi connectivity index (χ1v) is 13.7. The van der Waals surface area contributed by atoms with Gasteiger partial charge in [0.2, 0.25) is 12.4 Å². The largest absolute Gasteiger partial charge is 0.467 e. The van der Waals surface area contributed by atoms with Crippen LogP contribution in [0, 0.1) is 18.8 Å². The molecule has 0 radical (unpaired) electrons. The number of nitrogens with zero attached hydrogens (tertiary/aromatic N) is 1. The number of methoxy groups -OCH3 is 1. The molecule has 0 saturated carbocycles. The maximum absolute atomic E-state index is 12.6. The van der Waals surface area contributed by atoms with E-state index in [2.05, 4.69) is 17.9 Å². The molecule has 2 saturated heterocycles. The van der Waals surface area contributed by atoms with Gasteiger partial charge in [-0.3, -0.25) is 14.5 Å². The molecule has 38 heavy (non-hydrogen) atoms. The van der Waals surface area contributed by atoms with Crippen LogP contribution in [-0.2, 0) is 46.2 Å². The van der Waals surface area contributed by atoms with Crippen LogP contribution in [0.15, 0.2) is 12.1 Å². The van der Waals surface area contributed by atoms with E-state index in [0.717, 1.165) is 43.5 Å². The lowest BCUT2D eigenvalue weighted by atomic mass is 9.74. The Morgan fingerprint density at radius 3 is 2.45 bits per heavy atom. The molecule has 2 fully saturated rings. The van der Waals surface area contributed by atoms with Crippen LogP contribution in [0.3, 0.4) is 0 Å². The van der Waals surface area contributed by atoms with E-state index in [0.29, 0.717) is 17.7 Å². The van der Waals surface area contributed by atoms with Gasteiger partial charge in [-0.15, -0.1) is 0 Å². The van der Waals surface area contributed by atoms with Crippen molar-refractivity contribution < 1.29 is 38.1 Å². The van der Waals surface area contributed by atoms with Crippen LogP contribution < -0.4 is 4.74 Å². The number of fused-ring (bicyclic) bond motifs is 2. The summed E-state index contributed by atoms with van der Waals surface area (Å²) in [5.41, 5.74) is 3.29. The van der Waals surface area contributed by atoms with Gasteiger partial charge >= 0.3 is 17.9 Å². The highest BCUT2D eigenvalue weighted by Crippen LogP contribution is 2.42. The van der Waals surface area contributed by atoms with Crippen molar-refractivity contribution in [1.29, 1.82) is 0 Å². The number of aryl methyl sites for hydroxylation is 1. The molecule has 0 N–H and O–H groups in total. The molecule has 1 aromatic rings. The number of carbonyl (C=O) groups is 3. The molecule has 0 amide bonds. The topological polar surface area (TPSA) is 101 Å². The van der Waals surface area contributed by atoms with Crippen molar-refractivity contribution in [2.24, 2.45) is 11.8 Å². The first-order valence-electron chi connectivity index (χ1n) is 13.7. The second kappa shape index (κ2) is 12.0. The fraction of sp³-hybridized carbons (Fsp3) is 0.690. The third-order valence-electron chi connectivity index (χ3n) is 8.13. The average Bonchev–Trinajstić information content (AvgIpc) is 2.87. The van der Waals surface area contributed by atoms with Crippen LogP contribution >= 0.6 is 0 Å². The minimum Gasteiger partial charge on any atom is -0.467 e. The van der Waals surface area contributed by atoms with Gasteiger partial charge in [-0.1, -0.05) is 26.0 Å². The molecule has 9 heteroatoms. The third-order valence-corrected chi connectivity index (χ3v) is 8.13. The lowest BCUT2D eigenvalue weighted by Crippen LogP contribution is -2.60. The Morgan fingerprint density at radius 2 is 1.79 bits per heavy atom. The average molecular weight is 532 g/mol. The van der Waals surface area contributed by atoms with Crippen LogP contribution in [0.4, 0.5) is 0 Å². The van der Waals surface area contributed by atoms with Crippen LogP contribution in [0.25, 0.3) is 0 Å². The number of hydrogen-bond donors (Lipinski definition) is 0. The van der Waals surface area contributed by atoms with E-state index >= 15 is 0 Å². The predicted molar refractivity (Wildman–Crippen MR) is 139 cm³/mol. The Labute approximate surface area is 225 Å². The van der Waals surface area contributed by atoms with Crippen molar-refractivity contribution in [1.82, 2.24) is 4.90 Å². The second-order valence-electron chi connectivity index (χ2n) is 10.8. The third kappa shape index (κ3) is 5.83. The Balaban J connectivity index is 1.69. The lowest BCUT2D eigenvalue weighted by molar-refractivity contribution is -0.266. The van der Waals surface area contributed by atoms with Crippen LogP contribution in [0.1, 0.15) is 63.6 Å². The summed E-state index contributed by atoms with van der Waals surface area (Å²) in [6.45, 7) is 10.7. The Morgan fingerprint density at radius 1 is 1.08 bits per heavy atom. The summed E-state index contributed by atoms with van der Waals surface area (Å²) in [7, 11) is 1.27. The van der Waals surface area contributed by atoms with Crippen molar-refractivity contribution in [3.63, 3.8) is 0 Å². The second-order valence-corrected chi connectivity index (χ2v) is 10.8. The summed E-state index contributed by atoms with van der Waals surface area (Å²) in [6.07, 6.45) is 1.07. The molecule has 7 atom stereocenters. The van der Waals surface area contributed by atoms with Gasteiger partial charge in [-0.05, 0) is 74.7 Å². The number of ether oxygens (including phenoxy) is 5. The lowest BCUT2D eigenvalue weighted by Gasteiger charge is -2.46. The summed E-state index contributed by atoms with van der Waals surface area (Å²) in [5, 5.41) is 0. The van der Waals surface area contributed by atoms with E-state index in [-0.39, 0.29) is 0 Å². The summed E-state index contributed by atoms with van der Waals surface area (Å²) < 4.78 is 28.8. The maximum atomic E-state index is 12.6. The molecule has 0 spiro atoms. The molecule has 210 valence electrons. The number of benzene rings is 1. The summed E-state index contributed by atoms with van der Waals surface area (Å²) in [4.78, 5) is 39.3. The van der Waals surface area contributed by atoms with E-state index in [1.807, 2.05) is 13.0 Å². The number of rotatable bonds is 7. The molecule has 2 aliphatic heterocycles. The zero-order chi connectivity index (χ0) is 27.6. The quantitative estimate of drug-likeness (QED) is 0.387. The number of carbonyl (C=O) groups excluding carboxylic acids is 3. The highest BCUT2D eigenvalue weighted by molar-refractivity contribution is 5.75. The van der Waals surface area contributed by atoms with Crippen molar-refractivity contribution in [2.75, 3.05) is 20.2 Å². The summed E-state index contributed by atoms with van der Waals surface area (Å²) >= 11 is 0. The molecule has 0 aromatic heterocycles. The fourth-order valence-electron chi connectivity index (χ4n) is 6.41. The van der Waals surface area contributed by atoms with Gasteiger partial charge in [0, 0.05) is 25.8 Å². The molecule has 2 heterocycles. The maximum Gasteiger partial charge on any atom is 0.335 e. The number of esters is 3. The molecule has 0 unspecified atom stereocenters. The highest BCUT2D eigenvalue weighted by atomic mass is 16.7. The number of piperidine rings is 1. The van der Waals surface area contributed by atoms with Gasteiger partial charge < -0.3 is 23.7 Å². The fourth-order valence-corrected chi connectivity index (χ4v) is 6.41. The van der Waals surface area contributed by atoms with E-state index in [1.165, 1.54) is 39.4 Å². The van der Waals surface area contributed by atoms with Gasteiger partial charge in [0.15, 0.2) is 12.2 Å². The normalized spacial score (nSPS) is 30.9. The Hall–Kier alpha value is -2.65. The van der Waals surface area contributed by atoms with Crippen LogP contribution in [0.5, 0.6) is 5.75 Å². The molecular formula is C29H41NO8. The van der Waals surface area contributed by atoms with Gasteiger partial charge in [-0.25, -0.2) is 4.79 Å². The van der Waals surface area contributed by atoms with Crippen molar-refractivity contribution in [3.8, 4) is 5.75 Å². The monoisotopic (exact) mass is 531 g/mol. The van der Waals surface area contributed by atoms with Crippen LogP contribution in [-0.4, -0.2) is 73.7 Å². The van der Waals surface area contributed by atoms with Gasteiger partial charge in [-0.2, -0.15) is 0 Å². The SMILES string of the molecule is CCCN1CCC[C@@H]2Cc3c(ccc(C)c3O[C@@H]3O[C@H](C(=O)OC)[C@@H](C)[C@H](OC(C)=O)[C@H]3OC(C)=O)C[C@H]21. The zero-order valence-corrected chi connectivity index (χ0v) is 23.4. The highest BCUT2D eigenvalue weighted by Gasteiger charge is 2.52. The minimum absolute atomic E-state index is 0.518. The standard InChI is InChI=1S/C29H41NO8/c1-7-12-30-13-8-9-21-14-22-20(15-23(21)30)11-10-16(2)24(22)37-29-27(36-19(5)32)25(35-18(4)31)17(3)26(38-29)28(33)34-6/h10-11,17,21,23,25-27,29H,7-9,12-15H2,1-6H3/t17-,21+,23+,25-,26-,27+,29+/m0/s1. The van der Waals surface area contributed by atoms with Crippen molar-refractivity contribution in [3.05, 3.63) is 28.8 Å². The molecule has 1 aliphatic carbocycles. The summed E-state index contributed by atoms with van der Waals surface area (Å²) in [5.74, 6) is -1.17. The molecular weight excluding hydrogens is 490 g/mol. The van der Waals surface area contributed by atoms with Gasteiger partial charge in [0.05, 0.1) is 7.11 Å². The minimum atomic E-state index is -1.17. The van der Waals surface area contributed by atoms with Crippen LogP contribution in [0.2, 0.25) is 0 Å². The zero-order valence-electron chi connectivity index (χ0n) is 23.4. The number of hydrogen-bond acceptors (Lipinski definition) is 9. The van der Waals surface area contributed by atoms with Crippen molar-refractivity contribution >= 4 is 17.9 Å². The Kier molecular flexibility index (Phi) is 8.98. The van der Waals surface area contributed by atoms with Gasteiger partial charge in [0.1, 0.15) is 5.75 Å². The summed E-state index contributed by atoms with van der Waals surface area (Å²) in [6, 6.07) is 4.73. The number of likely N-dealkylation sites (tertiary alicyclic amines) is 1. The first kappa shape index (κ1) is 28.4. The Bertz CT molecular complexity index is 1040. The van der Waals surface area contributed by atoms with Gasteiger partial charge in [0.25, 0.3) is 0 Å². The van der Waals surface area contributed by atoms with E-state index < -0.39 is 48.4 Å². The molecule has 1 aromatic carbocycles. The molecule has 0 bridgehead atoms. The van der Waals surface area contributed by atoms with E-state index in [1.54, 1.807) is 6.92 Å². The molecule has 3 aliphatic rings. The molecule has 4 rings (SSSR count). The van der Waals surface area contributed by atoms with E-state index in [9.17, 15) is 14.4 Å². The van der Waals surface area contributed by atoms with E-state index in [4.69, 9.17) is 23.7 Å². The smallest absolute Gasteiger partial charge is 0.335 e.